The summed E-state index contributed by atoms with van der Waals surface area (Å²) in [6.45, 7) is 7.10. The van der Waals surface area contributed by atoms with Gasteiger partial charge in [-0.25, -0.2) is 0 Å². The topological polar surface area (TPSA) is 0 Å². The van der Waals surface area contributed by atoms with E-state index in [0.29, 0.717) is 5.92 Å². The van der Waals surface area contributed by atoms with Crippen molar-refractivity contribution < 1.29 is 0 Å². The lowest BCUT2D eigenvalue weighted by atomic mass is 9.68. The average molecular weight is 264 g/mol. The van der Waals surface area contributed by atoms with Gasteiger partial charge in [0.25, 0.3) is 0 Å². The molecular formula is C20H24. The van der Waals surface area contributed by atoms with Crippen molar-refractivity contribution in [3.8, 4) is 0 Å². The molecule has 1 aliphatic carbocycles. The Morgan fingerprint density at radius 2 is 1.20 bits per heavy atom. The van der Waals surface area contributed by atoms with Crippen molar-refractivity contribution in [3.05, 3.63) is 70.8 Å². The number of rotatable bonds is 0. The van der Waals surface area contributed by atoms with Gasteiger partial charge in [-0.05, 0) is 46.9 Å². The van der Waals surface area contributed by atoms with E-state index in [-0.39, 0.29) is 5.41 Å². The van der Waals surface area contributed by atoms with Crippen LogP contribution in [0.5, 0.6) is 0 Å². The molecule has 104 valence electrons. The van der Waals surface area contributed by atoms with Gasteiger partial charge in [-0.3, -0.25) is 0 Å². The molecule has 0 N–H and O–H groups in total. The Bertz CT molecular complexity index is 554. The van der Waals surface area contributed by atoms with E-state index in [1.807, 2.05) is 0 Å². The molecule has 0 heterocycles. The van der Waals surface area contributed by atoms with Crippen LogP contribution in [0.4, 0.5) is 0 Å². The lowest BCUT2D eigenvalue weighted by molar-refractivity contribution is 0.354. The predicted octanol–water partition coefficient (Wildman–Crippen LogP) is 5.35. The molecule has 2 aromatic carbocycles. The summed E-state index contributed by atoms with van der Waals surface area (Å²) < 4.78 is 0. The number of hydrogen-bond donors (Lipinski definition) is 0. The fraction of sp³-hybridized carbons (Fsp3) is 0.400. The lowest BCUT2D eigenvalue weighted by Crippen LogP contribution is -2.23. The number of hydrogen-bond acceptors (Lipinski definition) is 0. The Hall–Kier alpha value is -1.56. The van der Waals surface area contributed by atoms with Crippen molar-refractivity contribution in [2.24, 2.45) is 5.41 Å². The molecule has 20 heavy (non-hydrogen) atoms. The van der Waals surface area contributed by atoms with Crippen LogP contribution in [-0.4, -0.2) is 0 Å². The Morgan fingerprint density at radius 3 is 1.65 bits per heavy atom. The first-order valence-electron chi connectivity index (χ1n) is 7.73. The van der Waals surface area contributed by atoms with Gasteiger partial charge in [-0.15, -0.1) is 0 Å². The summed E-state index contributed by atoms with van der Waals surface area (Å²) in [5.74, 6) is 0.496. The van der Waals surface area contributed by atoms with Crippen LogP contribution in [0.2, 0.25) is 0 Å². The maximum atomic E-state index is 2.37. The molecule has 1 aliphatic rings. The second kappa shape index (κ2) is 5.09. The van der Waals surface area contributed by atoms with Gasteiger partial charge in [-0.1, -0.05) is 69.3 Å². The molecule has 2 aromatic rings. The maximum Gasteiger partial charge on any atom is 0.0143 e. The quantitative estimate of drug-likeness (QED) is 0.601. The van der Waals surface area contributed by atoms with Crippen LogP contribution in [0.1, 0.15) is 55.4 Å². The van der Waals surface area contributed by atoms with Gasteiger partial charge in [0.2, 0.25) is 0 Å². The highest BCUT2D eigenvalue weighted by Gasteiger charge is 2.31. The van der Waals surface area contributed by atoms with Crippen molar-refractivity contribution in [1.82, 2.24) is 0 Å². The SMILES string of the molecule is CC(C)(C)C1c2ccccc2CCCc2ccccc21. The third-order valence-electron chi connectivity index (χ3n) is 4.49. The first kappa shape index (κ1) is 13.4. The average Bonchev–Trinajstić information content (AvgIpc) is 2.38. The minimum absolute atomic E-state index is 0.240. The zero-order valence-corrected chi connectivity index (χ0v) is 12.8. The first-order valence-corrected chi connectivity index (χ1v) is 7.73. The molecule has 0 heteroatoms. The molecule has 0 amide bonds. The molecule has 0 nitrogen and oxygen atoms in total. The fourth-order valence-electron chi connectivity index (χ4n) is 3.66. The summed E-state index contributed by atoms with van der Waals surface area (Å²) in [7, 11) is 0. The second-order valence-corrected chi connectivity index (χ2v) is 7.05. The third kappa shape index (κ3) is 2.40. The van der Waals surface area contributed by atoms with Crippen LogP contribution in [0.15, 0.2) is 48.5 Å². The van der Waals surface area contributed by atoms with Crippen molar-refractivity contribution >= 4 is 0 Å². The van der Waals surface area contributed by atoms with Crippen LogP contribution >= 0.6 is 0 Å². The molecule has 0 radical (unpaired) electrons. The standard InChI is InChI=1S/C20H24/c1-20(2,3)19-17-13-6-4-9-15(17)11-8-12-16-10-5-7-14-18(16)19/h4-7,9-10,13-14,19H,8,11-12H2,1-3H3. The van der Waals surface area contributed by atoms with Gasteiger partial charge in [0.05, 0.1) is 0 Å². The van der Waals surface area contributed by atoms with Crippen LogP contribution in [0.3, 0.4) is 0 Å². The zero-order chi connectivity index (χ0) is 14.2. The summed E-state index contributed by atoms with van der Waals surface area (Å²) in [5.41, 5.74) is 6.40. The van der Waals surface area contributed by atoms with E-state index in [9.17, 15) is 0 Å². The Balaban J connectivity index is 2.24. The third-order valence-corrected chi connectivity index (χ3v) is 4.49. The predicted molar refractivity (Wildman–Crippen MR) is 86.2 cm³/mol. The molecule has 0 aliphatic heterocycles. The molecule has 0 unspecified atom stereocenters. The van der Waals surface area contributed by atoms with Crippen molar-refractivity contribution in [1.29, 1.82) is 0 Å². The minimum atomic E-state index is 0.240. The largest absolute Gasteiger partial charge is 0.0620 e. The maximum absolute atomic E-state index is 2.37. The molecule has 0 fully saturated rings. The van der Waals surface area contributed by atoms with Gasteiger partial charge in [-0.2, -0.15) is 0 Å². The van der Waals surface area contributed by atoms with Crippen molar-refractivity contribution in [3.63, 3.8) is 0 Å². The van der Waals surface area contributed by atoms with Crippen molar-refractivity contribution in [2.45, 2.75) is 46.0 Å². The fourth-order valence-corrected chi connectivity index (χ4v) is 3.66. The van der Waals surface area contributed by atoms with E-state index in [1.54, 1.807) is 11.1 Å². The van der Waals surface area contributed by atoms with Gasteiger partial charge < -0.3 is 0 Å². The number of fused-ring (bicyclic) bond motifs is 2. The highest BCUT2D eigenvalue weighted by molar-refractivity contribution is 5.44. The Morgan fingerprint density at radius 1 is 0.750 bits per heavy atom. The molecule has 0 saturated carbocycles. The second-order valence-electron chi connectivity index (χ2n) is 7.05. The van der Waals surface area contributed by atoms with Gasteiger partial charge in [0.1, 0.15) is 0 Å². The number of aryl methyl sites for hydroxylation is 2. The summed E-state index contributed by atoms with van der Waals surface area (Å²) in [6.07, 6.45) is 3.67. The lowest BCUT2D eigenvalue weighted by Gasteiger charge is -2.35. The van der Waals surface area contributed by atoms with Crippen LogP contribution < -0.4 is 0 Å². The summed E-state index contributed by atoms with van der Waals surface area (Å²) >= 11 is 0. The van der Waals surface area contributed by atoms with Gasteiger partial charge >= 0.3 is 0 Å². The molecule has 0 spiro atoms. The van der Waals surface area contributed by atoms with Crippen LogP contribution in [0.25, 0.3) is 0 Å². The van der Waals surface area contributed by atoms with Gasteiger partial charge in [0.15, 0.2) is 0 Å². The van der Waals surface area contributed by atoms with Crippen LogP contribution in [0, 0.1) is 5.41 Å². The normalized spacial score (nSPS) is 15.9. The molecule has 0 bridgehead atoms. The minimum Gasteiger partial charge on any atom is -0.0620 e. The monoisotopic (exact) mass is 264 g/mol. The highest BCUT2D eigenvalue weighted by Crippen LogP contribution is 2.44. The van der Waals surface area contributed by atoms with E-state index < -0.39 is 0 Å². The van der Waals surface area contributed by atoms with E-state index >= 15 is 0 Å². The summed E-state index contributed by atoms with van der Waals surface area (Å²) in [6, 6.07) is 18.1. The smallest absolute Gasteiger partial charge is 0.0143 e. The Kier molecular flexibility index (Phi) is 3.41. The molecule has 0 aromatic heterocycles. The zero-order valence-electron chi connectivity index (χ0n) is 12.8. The van der Waals surface area contributed by atoms with E-state index in [4.69, 9.17) is 0 Å². The molecule has 0 saturated heterocycles. The first-order chi connectivity index (χ1) is 9.57. The number of benzene rings is 2. The molecule has 0 atom stereocenters. The van der Waals surface area contributed by atoms with E-state index in [1.165, 1.54) is 30.4 Å². The van der Waals surface area contributed by atoms with Gasteiger partial charge in [0, 0.05) is 5.92 Å². The molecular weight excluding hydrogens is 240 g/mol. The molecule has 3 rings (SSSR count). The van der Waals surface area contributed by atoms with E-state index in [2.05, 4.69) is 69.3 Å². The van der Waals surface area contributed by atoms with Crippen LogP contribution in [-0.2, 0) is 12.8 Å². The van der Waals surface area contributed by atoms with E-state index in [0.717, 1.165) is 0 Å². The van der Waals surface area contributed by atoms with Crippen molar-refractivity contribution in [2.75, 3.05) is 0 Å². The Labute approximate surface area is 122 Å². The summed E-state index contributed by atoms with van der Waals surface area (Å²) in [5, 5.41) is 0. The highest BCUT2D eigenvalue weighted by atomic mass is 14.4. The summed E-state index contributed by atoms with van der Waals surface area (Å²) in [4.78, 5) is 0.